The Balaban J connectivity index is 0.000000130. The fraction of sp³-hybridized carbons (Fsp3) is 0.144. The van der Waals surface area contributed by atoms with E-state index in [2.05, 4.69) is 86.4 Å². The van der Waals surface area contributed by atoms with E-state index >= 15 is 0 Å². The molecule has 11 heterocycles. The number of aromatic nitrogens is 22. The summed E-state index contributed by atoms with van der Waals surface area (Å²) in [7, 11) is 3.35. The van der Waals surface area contributed by atoms with Crippen molar-refractivity contribution >= 4 is 102 Å². The maximum absolute atomic E-state index is 14.1. The summed E-state index contributed by atoms with van der Waals surface area (Å²) < 4.78 is 13.3. The van der Waals surface area contributed by atoms with Gasteiger partial charge in [0.25, 0.3) is 22.2 Å². The number of rotatable bonds is 20. The number of anilines is 8. The van der Waals surface area contributed by atoms with Crippen molar-refractivity contribution in [2.45, 2.75) is 79.6 Å². The van der Waals surface area contributed by atoms with Gasteiger partial charge in [-0.2, -0.15) is 35.2 Å². The molecule has 0 saturated carbocycles. The fourth-order valence-corrected chi connectivity index (χ4v) is 15.4. The van der Waals surface area contributed by atoms with Gasteiger partial charge in [-0.05, 0) is 157 Å². The van der Waals surface area contributed by atoms with Gasteiger partial charge in [-0.3, -0.25) is 42.1 Å². The molecular weight excluding hydrogens is 1700 g/mol. The van der Waals surface area contributed by atoms with Crippen LogP contribution in [0.4, 0.5) is 47.1 Å². The summed E-state index contributed by atoms with van der Waals surface area (Å²) in [5, 5.41) is 27.7. The number of nitrogen functional groups attached to an aromatic ring is 4. The van der Waals surface area contributed by atoms with Gasteiger partial charge in [0.2, 0.25) is 23.8 Å². The van der Waals surface area contributed by atoms with E-state index in [-0.39, 0.29) is 76.2 Å². The van der Waals surface area contributed by atoms with Gasteiger partial charge in [0.05, 0.1) is 121 Å². The topological polar surface area (TPSA) is 473 Å². The number of methoxy groups -OCH3 is 1. The summed E-state index contributed by atoms with van der Waals surface area (Å²) >= 11 is 6.32. The highest BCUT2D eigenvalue weighted by Gasteiger charge is 2.28. The van der Waals surface area contributed by atoms with Crippen LogP contribution in [0, 0.1) is 27.7 Å². The van der Waals surface area contributed by atoms with Gasteiger partial charge in [-0.25, -0.2) is 49.8 Å². The number of ether oxygens (including phenoxy) is 1. The van der Waals surface area contributed by atoms with Crippen molar-refractivity contribution in [1.29, 1.82) is 0 Å². The lowest BCUT2D eigenvalue weighted by Gasteiger charge is -2.21. The molecule has 35 nitrogen and oxygen atoms in total. The summed E-state index contributed by atoms with van der Waals surface area (Å²) in [6.45, 7) is 15.3. The third-order valence-corrected chi connectivity index (χ3v) is 22.0. The zero-order valence-electron chi connectivity index (χ0n) is 73.7. The summed E-state index contributed by atoms with van der Waals surface area (Å²) in [6, 6.07) is 60.4. The van der Waals surface area contributed by atoms with Gasteiger partial charge >= 0.3 is 6.01 Å². The van der Waals surface area contributed by atoms with Crippen molar-refractivity contribution in [3.8, 4) is 62.1 Å². The van der Waals surface area contributed by atoms with Crippen LogP contribution >= 0.6 is 11.6 Å². The van der Waals surface area contributed by atoms with E-state index in [0.29, 0.717) is 123 Å². The number of hydrogen-bond donors (Lipinski definition) is 8. The van der Waals surface area contributed by atoms with Crippen molar-refractivity contribution in [3.05, 3.63) is 354 Å². The van der Waals surface area contributed by atoms with Crippen molar-refractivity contribution in [3.63, 3.8) is 0 Å². The Morgan fingerprint density at radius 3 is 0.947 bits per heavy atom. The summed E-state index contributed by atoms with van der Waals surface area (Å²) in [6.07, 6.45) is 16.8. The second-order valence-corrected chi connectivity index (χ2v) is 31.4. The van der Waals surface area contributed by atoms with Crippen LogP contribution in [0.25, 0.3) is 99.7 Å². The monoisotopic (exact) mass is 1790 g/mol. The number of hydrogen-bond acceptors (Lipinski definition) is 30. The Morgan fingerprint density at radius 1 is 0.331 bits per heavy atom. The number of nitrogens with two attached hydrogens (primary N) is 4. The number of fused-ring (bicyclic) bond motifs is 4. The van der Waals surface area contributed by atoms with Gasteiger partial charge in [0.15, 0.2) is 0 Å². The normalized spacial score (nSPS) is 12.0. The lowest BCUT2D eigenvalue weighted by atomic mass is 10.0. The summed E-state index contributed by atoms with van der Waals surface area (Å²) in [5.41, 5.74) is 35.4. The van der Waals surface area contributed by atoms with E-state index in [1.54, 1.807) is 96.9 Å². The molecular formula is C97H89ClN30O5. The fourth-order valence-electron chi connectivity index (χ4n) is 15.2. The molecule has 12 N–H and O–H groups in total. The molecule has 19 aromatic rings. The van der Waals surface area contributed by atoms with Crippen molar-refractivity contribution in [1.82, 2.24) is 108 Å². The molecule has 133 heavy (non-hydrogen) atoms. The van der Waals surface area contributed by atoms with Crippen LogP contribution in [0.15, 0.2) is 281 Å². The molecule has 11 aromatic heterocycles. The highest BCUT2D eigenvalue weighted by molar-refractivity contribution is 6.35. The standard InChI is InChI=1S/C26H24N8O2.C25H24N8O.C25H22N8O.C21H19ClN6O/c1-15-12-28-25(27)33-22(15)31-16(2)23-32-20-11-7-10-19(17-13-29-26(36-3)30-14-17)21(20)24(35)34(23)18-8-5-4-6-9-18;1-15-12-27-25(26)31-22(15)29-16(2)23-30-20-11-7-10-19(17-13-28-32(3)14-17)21(20)24(34)33(23)18-8-5-4-6-9-18;1-15-13-27-25(26)32-22(15)30-16(2)23-31-20-10-6-9-19(17-11-12-28-29-14-17)21(20)24(34)33(23)18-7-4-3-5-8-18;1-12-11-24-21(23)27-18(12)25-13(2)19-26-16-10-6-9-15(22)17(16)20(29)28(19)14-7-4-3-5-8-14/h4-14,16H,1-3H3,(H3,27,28,31,33);4-14,16H,1-3H3,(H3,26,27,29,31);3-14,16H,1-2H3,(H3,26,27,30,32);3-11,13H,1-2H3,(H3,23,24,25,27)/t3*16-;13-/m0000/s1. The predicted octanol–water partition coefficient (Wildman–Crippen LogP) is 14.9. The van der Waals surface area contributed by atoms with Gasteiger partial charge in [-0.15, -0.1) is 0 Å². The molecule has 4 atom stereocenters. The van der Waals surface area contributed by atoms with Crippen molar-refractivity contribution in [2.75, 3.05) is 51.3 Å². The smallest absolute Gasteiger partial charge is 0.316 e. The molecule has 0 fully saturated rings. The molecule has 0 aliphatic carbocycles. The molecule has 19 rings (SSSR count). The third-order valence-electron chi connectivity index (χ3n) is 21.7. The largest absolute Gasteiger partial charge is 0.467 e. The lowest BCUT2D eigenvalue weighted by molar-refractivity contribution is 0.380. The molecule has 0 spiro atoms. The third kappa shape index (κ3) is 19.1. The highest BCUT2D eigenvalue weighted by atomic mass is 35.5. The second-order valence-electron chi connectivity index (χ2n) is 31.0. The zero-order chi connectivity index (χ0) is 93.3. The van der Waals surface area contributed by atoms with Crippen molar-refractivity contribution < 1.29 is 4.74 Å². The van der Waals surface area contributed by atoms with E-state index < -0.39 is 0 Å². The molecule has 0 bridgehead atoms. The minimum absolute atomic E-state index is 0.154. The molecule has 0 amide bonds. The number of nitrogens with zero attached hydrogens (tertiary/aromatic N) is 22. The van der Waals surface area contributed by atoms with E-state index in [4.69, 9.17) is 59.2 Å². The maximum atomic E-state index is 14.1. The van der Waals surface area contributed by atoms with Crippen LogP contribution < -0.4 is 71.2 Å². The Kier molecular flexibility index (Phi) is 26.1. The number of benzene rings is 8. The van der Waals surface area contributed by atoms with Gasteiger partial charge in [0, 0.05) is 89.4 Å². The predicted molar refractivity (Wildman–Crippen MR) is 518 cm³/mol. The van der Waals surface area contributed by atoms with Crippen LogP contribution in [0.3, 0.4) is 0 Å². The van der Waals surface area contributed by atoms with Crippen LogP contribution in [-0.4, -0.2) is 115 Å². The number of para-hydroxylation sites is 4. The Bertz CT molecular complexity index is 7770. The minimum Gasteiger partial charge on any atom is -0.467 e. The molecule has 0 saturated heterocycles. The first kappa shape index (κ1) is 88.9. The molecule has 0 unspecified atom stereocenters. The molecule has 36 heteroatoms. The van der Waals surface area contributed by atoms with E-state index in [9.17, 15) is 19.2 Å². The van der Waals surface area contributed by atoms with Gasteiger partial charge in [-0.1, -0.05) is 127 Å². The SMILES string of the molecule is COc1ncc(-c2cccc3nc([C@H](C)Nc4nc(N)ncc4C)n(-c4ccccc4)c(=O)c23)cn1.Cc1cnc(N)nc1N[C@@H](C)c1nc2cccc(-c3ccnnc3)c2c(=O)n1-c1ccccc1.Cc1cnc(N)nc1N[C@@H](C)c1nc2cccc(-c3cnn(C)c3)c2c(=O)n1-c1ccccc1.Cc1cnc(N)nc1N[C@@H](C)c1nc2cccc(Cl)c2c(=O)n1-c1ccccc1. The number of halogens is 1. The van der Waals surface area contributed by atoms with Gasteiger partial charge < -0.3 is 48.9 Å². The van der Waals surface area contributed by atoms with Crippen molar-refractivity contribution in [2.24, 2.45) is 7.05 Å². The van der Waals surface area contributed by atoms with E-state index in [0.717, 1.165) is 50.2 Å². The highest BCUT2D eigenvalue weighted by Crippen LogP contribution is 2.35. The van der Waals surface area contributed by atoms with Crippen LogP contribution in [-0.2, 0) is 7.05 Å². The number of aryl methyl sites for hydroxylation is 5. The zero-order valence-corrected chi connectivity index (χ0v) is 74.5. The Hall–Kier alpha value is -17.5. The van der Waals surface area contributed by atoms with E-state index in [1.807, 2.05) is 251 Å². The number of nitrogens with one attached hydrogen (secondary N) is 4. The quantitative estimate of drug-likeness (QED) is 0.0351. The van der Waals surface area contributed by atoms with Gasteiger partial charge in [0.1, 0.15) is 46.6 Å². The molecule has 664 valence electrons. The van der Waals surface area contributed by atoms with Crippen LogP contribution in [0.2, 0.25) is 5.02 Å². The first-order chi connectivity index (χ1) is 64.4. The Morgan fingerprint density at radius 2 is 0.639 bits per heavy atom. The average molecular weight is 1790 g/mol. The van der Waals surface area contributed by atoms with E-state index in [1.165, 1.54) is 7.11 Å². The first-order valence-corrected chi connectivity index (χ1v) is 42.4. The first-order valence-electron chi connectivity index (χ1n) is 42.0. The summed E-state index contributed by atoms with van der Waals surface area (Å²) in [4.78, 5) is 117. The second kappa shape index (κ2) is 39.0. The van der Waals surface area contributed by atoms with Crippen LogP contribution in [0.5, 0.6) is 6.01 Å². The van der Waals surface area contributed by atoms with Crippen LogP contribution in [0.1, 0.15) is 97.4 Å². The molecule has 0 aliphatic rings. The lowest BCUT2D eigenvalue weighted by Crippen LogP contribution is -2.28. The maximum Gasteiger partial charge on any atom is 0.316 e. The average Bonchev–Trinajstić information content (AvgIpc) is 1.36. The molecule has 8 aromatic carbocycles. The molecule has 0 aliphatic heterocycles. The minimum atomic E-state index is -0.386. The molecule has 0 radical (unpaired) electrons. The summed E-state index contributed by atoms with van der Waals surface area (Å²) in [5.74, 6) is 5.19. The Labute approximate surface area is 765 Å².